The van der Waals surface area contributed by atoms with Crippen molar-refractivity contribution in [2.75, 3.05) is 13.1 Å². The molecule has 1 aromatic heterocycles. The molecule has 13 nitrogen and oxygen atoms in total. The van der Waals surface area contributed by atoms with E-state index in [1.54, 1.807) is 25.7 Å². The van der Waals surface area contributed by atoms with Crippen LogP contribution in [0.2, 0.25) is 0 Å². The lowest BCUT2D eigenvalue weighted by Gasteiger charge is -2.28. The first-order valence-electron chi connectivity index (χ1n) is 14.7. The second kappa shape index (κ2) is 13.4. The van der Waals surface area contributed by atoms with Crippen LogP contribution in [0.5, 0.6) is 0 Å². The van der Waals surface area contributed by atoms with Crippen molar-refractivity contribution in [3.05, 3.63) is 5.82 Å². The van der Waals surface area contributed by atoms with Gasteiger partial charge in [0.25, 0.3) is 0 Å². The summed E-state index contributed by atoms with van der Waals surface area (Å²) < 4.78 is 5.38. The van der Waals surface area contributed by atoms with Gasteiger partial charge in [-0.15, -0.1) is 10.2 Å². The van der Waals surface area contributed by atoms with Crippen molar-refractivity contribution in [2.24, 2.45) is 17.8 Å². The maximum Gasteiger partial charge on any atom is 0.408 e. The van der Waals surface area contributed by atoms with Crippen molar-refractivity contribution >= 4 is 23.8 Å². The van der Waals surface area contributed by atoms with Gasteiger partial charge in [-0.25, -0.2) is 4.79 Å². The molecule has 40 heavy (non-hydrogen) atoms. The Morgan fingerprint density at radius 1 is 1.00 bits per heavy atom. The Morgan fingerprint density at radius 3 is 2.35 bits per heavy atom. The normalized spacial score (nSPS) is 23.0. The molecule has 4 rings (SSSR count). The van der Waals surface area contributed by atoms with Crippen LogP contribution in [0.4, 0.5) is 4.79 Å². The van der Waals surface area contributed by atoms with Crippen LogP contribution in [0.15, 0.2) is 0 Å². The second-order valence-electron chi connectivity index (χ2n) is 12.4. The third-order valence-corrected chi connectivity index (χ3v) is 8.32. The van der Waals surface area contributed by atoms with Gasteiger partial charge in [0.2, 0.25) is 17.7 Å². The number of H-pyrrole nitrogens is 1. The molecule has 222 valence electrons. The second-order valence-corrected chi connectivity index (χ2v) is 12.4. The van der Waals surface area contributed by atoms with Crippen LogP contribution in [0, 0.1) is 17.8 Å². The zero-order valence-electron chi connectivity index (χ0n) is 23.9. The van der Waals surface area contributed by atoms with E-state index in [2.05, 4.69) is 36.6 Å². The van der Waals surface area contributed by atoms with E-state index in [1.807, 2.05) is 0 Å². The topological polar surface area (TPSA) is 171 Å². The fourth-order valence-corrected chi connectivity index (χ4v) is 6.38. The van der Waals surface area contributed by atoms with Crippen LogP contribution in [-0.4, -0.2) is 80.1 Å². The number of nitrogens with zero attached hydrogens (tertiary/aromatic N) is 4. The van der Waals surface area contributed by atoms with Gasteiger partial charge in [-0.1, -0.05) is 50.2 Å². The summed E-state index contributed by atoms with van der Waals surface area (Å²) in [6.07, 6.45) is 9.35. The monoisotopic (exact) mass is 560 g/mol. The number of likely N-dealkylation sites (tertiary alicyclic amines) is 1. The van der Waals surface area contributed by atoms with E-state index in [0.717, 1.165) is 38.5 Å². The molecule has 2 heterocycles. The minimum atomic E-state index is -0.784. The average molecular weight is 561 g/mol. The molecule has 3 fully saturated rings. The first kappa shape index (κ1) is 29.7. The number of tetrazole rings is 1. The predicted octanol–water partition coefficient (Wildman–Crippen LogP) is 1.81. The van der Waals surface area contributed by atoms with Crippen molar-refractivity contribution < 1.29 is 23.9 Å². The molecule has 1 aliphatic heterocycles. The van der Waals surface area contributed by atoms with Gasteiger partial charge in [0.15, 0.2) is 5.82 Å². The van der Waals surface area contributed by atoms with Gasteiger partial charge >= 0.3 is 6.09 Å². The maximum absolute atomic E-state index is 13.5. The van der Waals surface area contributed by atoms with E-state index in [4.69, 9.17) is 4.74 Å². The third-order valence-electron chi connectivity index (χ3n) is 8.32. The van der Waals surface area contributed by atoms with Gasteiger partial charge in [-0.3, -0.25) is 14.4 Å². The van der Waals surface area contributed by atoms with Gasteiger partial charge < -0.3 is 25.6 Å². The Bertz CT molecular complexity index is 1010. The number of ether oxygens (including phenoxy) is 1. The molecule has 4 N–H and O–H groups in total. The molecule has 0 bridgehead atoms. The molecule has 0 radical (unpaired) electrons. The summed E-state index contributed by atoms with van der Waals surface area (Å²) in [7, 11) is 0. The molecule has 0 spiro atoms. The van der Waals surface area contributed by atoms with E-state index in [1.165, 1.54) is 19.3 Å². The number of hydrogen-bond donors (Lipinski definition) is 4. The van der Waals surface area contributed by atoms with Gasteiger partial charge in [0.1, 0.15) is 17.7 Å². The van der Waals surface area contributed by atoms with Crippen LogP contribution in [-0.2, 0) is 25.7 Å². The zero-order chi connectivity index (χ0) is 28.7. The Hall–Kier alpha value is -3.25. The van der Waals surface area contributed by atoms with Crippen LogP contribution < -0.4 is 16.0 Å². The molecule has 0 unspecified atom stereocenters. The van der Waals surface area contributed by atoms with Crippen molar-refractivity contribution in [1.82, 2.24) is 41.5 Å². The quantitative estimate of drug-likeness (QED) is 0.354. The highest BCUT2D eigenvalue weighted by Gasteiger charge is 2.43. The SMILES string of the molecule is CC(C)(C)OC(=O)N[C@H](C(=O)NCC(=O)N1C[C@H](C2CCCCC2)C[C@H]1C(=O)NCc1nn[nH]n1)C1CCCC1. The first-order valence-corrected chi connectivity index (χ1v) is 14.7. The summed E-state index contributed by atoms with van der Waals surface area (Å²) in [5.74, 6) is 0.0724. The summed E-state index contributed by atoms with van der Waals surface area (Å²) in [5.41, 5.74) is -0.694. The van der Waals surface area contributed by atoms with Crippen LogP contribution >= 0.6 is 0 Å². The fraction of sp³-hybridized carbons (Fsp3) is 0.815. The largest absolute Gasteiger partial charge is 0.444 e. The Kier molecular flexibility index (Phi) is 9.96. The zero-order valence-corrected chi connectivity index (χ0v) is 23.9. The van der Waals surface area contributed by atoms with Gasteiger partial charge in [0, 0.05) is 6.54 Å². The highest BCUT2D eigenvalue weighted by Crippen LogP contribution is 2.37. The van der Waals surface area contributed by atoms with Crippen LogP contribution in [0.25, 0.3) is 0 Å². The number of aromatic amines is 1. The van der Waals surface area contributed by atoms with Crippen molar-refractivity contribution in [3.8, 4) is 0 Å². The molecule has 2 saturated carbocycles. The number of rotatable bonds is 9. The van der Waals surface area contributed by atoms with Crippen LogP contribution in [0.1, 0.15) is 90.8 Å². The van der Waals surface area contributed by atoms with E-state index in [0.29, 0.717) is 24.7 Å². The van der Waals surface area contributed by atoms with E-state index >= 15 is 0 Å². The molecule has 0 aromatic carbocycles. The lowest BCUT2D eigenvalue weighted by Crippen LogP contribution is -2.54. The van der Waals surface area contributed by atoms with Gasteiger partial charge in [-0.05, 0) is 57.8 Å². The van der Waals surface area contributed by atoms with E-state index in [9.17, 15) is 19.2 Å². The molecule has 2 aliphatic carbocycles. The Balaban J connectivity index is 1.39. The van der Waals surface area contributed by atoms with Crippen molar-refractivity contribution in [2.45, 2.75) is 109 Å². The summed E-state index contributed by atoms with van der Waals surface area (Å²) in [6.45, 7) is 5.65. The third kappa shape index (κ3) is 8.14. The maximum atomic E-state index is 13.5. The minimum absolute atomic E-state index is 0.0197. The number of carbonyl (C=O) groups excluding carboxylic acids is 4. The Labute approximate surface area is 235 Å². The molecular formula is C27H44N8O5. The molecule has 4 amide bonds. The summed E-state index contributed by atoms with van der Waals surface area (Å²) in [6, 6.07) is -1.42. The number of amides is 4. The number of aromatic nitrogens is 4. The Morgan fingerprint density at radius 2 is 1.70 bits per heavy atom. The first-order chi connectivity index (χ1) is 19.1. The fourth-order valence-electron chi connectivity index (χ4n) is 6.38. The molecule has 1 aromatic rings. The minimum Gasteiger partial charge on any atom is -0.444 e. The summed E-state index contributed by atoms with van der Waals surface area (Å²) >= 11 is 0. The average Bonchev–Trinajstić information content (AvgIpc) is 3.70. The van der Waals surface area contributed by atoms with Crippen LogP contribution in [0.3, 0.4) is 0 Å². The highest BCUT2D eigenvalue weighted by atomic mass is 16.6. The molecular weight excluding hydrogens is 516 g/mol. The predicted molar refractivity (Wildman–Crippen MR) is 144 cm³/mol. The number of carbonyl (C=O) groups is 4. The van der Waals surface area contributed by atoms with Crippen molar-refractivity contribution in [1.29, 1.82) is 0 Å². The standard InChI is InChI=1S/C27H44N8O5/c1-27(2,3)40-26(39)30-23(18-11-7-8-12-18)25(38)29-15-22(36)35-16-19(17-9-5-4-6-10-17)13-20(35)24(37)28-14-21-31-33-34-32-21/h17-20,23H,4-16H2,1-3H3,(H,28,37)(H,29,38)(H,30,39)(H,31,32,33,34)/t19-,20+,23+/m1/s1. The lowest BCUT2D eigenvalue weighted by molar-refractivity contribution is -0.139. The van der Waals surface area contributed by atoms with Gasteiger partial charge in [0.05, 0.1) is 13.1 Å². The molecule has 1 saturated heterocycles. The number of alkyl carbamates (subject to hydrolysis) is 1. The lowest BCUT2D eigenvalue weighted by atomic mass is 9.79. The summed E-state index contributed by atoms with van der Waals surface area (Å²) in [5, 5.41) is 21.9. The highest BCUT2D eigenvalue weighted by molar-refractivity contribution is 5.92. The number of nitrogens with one attached hydrogen (secondary N) is 4. The molecule has 3 atom stereocenters. The van der Waals surface area contributed by atoms with Crippen molar-refractivity contribution in [3.63, 3.8) is 0 Å². The van der Waals surface area contributed by atoms with E-state index < -0.39 is 29.7 Å². The number of hydrogen-bond acceptors (Lipinski definition) is 8. The molecule has 3 aliphatic rings. The van der Waals surface area contributed by atoms with E-state index in [-0.39, 0.29) is 36.7 Å². The smallest absolute Gasteiger partial charge is 0.408 e. The summed E-state index contributed by atoms with van der Waals surface area (Å²) in [4.78, 5) is 54.0. The molecule has 13 heteroatoms. The van der Waals surface area contributed by atoms with Gasteiger partial charge in [-0.2, -0.15) is 5.21 Å².